The average Bonchev–Trinajstić information content (AvgIpc) is 2.76. The predicted molar refractivity (Wildman–Crippen MR) is 105 cm³/mol. The maximum atomic E-state index is 11.1. The van der Waals surface area contributed by atoms with Gasteiger partial charge in [-0.05, 0) is 17.7 Å². The number of carbonyl (C=O) groups is 1. The van der Waals surface area contributed by atoms with Crippen molar-refractivity contribution in [3.05, 3.63) is 42.2 Å². The average molecular weight is 435 g/mol. The first-order chi connectivity index (χ1) is 14.6. The summed E-state index contributed by atoms with van der Waals surface area (Å²) >= 11 is -1.65. The smallest absolute Gasteiger partial charge is 0.407 e. The minimum atomic E-state index is -1.65. The Hall–Kier alpha value is -2.76. The van der Waals surface area contributed by atoms with Crippen LogP contribution in [0.25, 0.3) is 0 Å². The summed E-state index contributed by atoms with van der Waals surface area (Å²) in [6.45, 7) is 1.55. The third-order valence-electron chi connectivity index (χ3n) is 4.92. The molecule has 1 amide bonds. The first kappa shape index (κ1) is 20.5. The molecule has 11 heteroatoms. The molecule has 0 unspecified atom stereocenters. The van der Waals surface area contributed by atoms with E-state index in [-0.39, 0.29) is 12.0 Å². The zero-order valence-electron chi connectivity index (χ0n) is 16.0. The monoisotopic (exact) mass is 435 g/mol. The van der Waals surface area contributed by atoms with Crippen molar-refractivity contribution in [3.63, 3.8) is 0 Å². The number of nitrogens with zero attached hydrogens (tertiary/aromatic N) is 3. The van der Waals surface area contributed by atoms with Gasteiger partial charge < -0.3 is 19.5 Å². The van der Waals surface area contributed by atoms with Gasteiger partial charge in [-0.25, -0.2) is 14.8 Å². The summed E-state index contributed by atoms with van der Waals surface area (Å²) in [6, 6.07) is 9.03. The van der Waals surface area contributed by atoms with E-state index in [1.807, 2.05) is 24.3 Å². The summed E-state index contributed by atoms with van der Waals surface area (Å²) in [7, 11) is 0. The number of hydrogen-bond donors (Lipinski definition) is 1. The molecule has 1 N–H and O–H groups in total. The Bertz CT molecular complexity index is 893. The van der Waals surface area contributed by atoms with Crippen LogP contribution < -0.4 is 9.47 Å². The molecule has 0 bridgehead atoms. The van der Waals surface area contributed by atoms with Crippen molar-refractivity contribution < 1.29 is 31.9 Å². The van der Waals surface area contributed by atoms with E-state index in [9.17, 15) is 9.00 Å². The van der Waals surface area contributed by atoms with Crippen molar-refractivity contribution in [2.24, 2.45) is 0 Å². The number of rotatable bonds is 5. The molecular weight excluding hydrogens is 414 g/mol. The predicted octanol–water partition coefficient (Wildman–Crippen LogP) is 2.50. The maximum absolute atomic E-state index is 11.1. The number of hydrogen-bond acceptors (Lipinski definition) is 8. The van der Waals surface area contributed by atoms with E-state index in [1.54, 1.807) is 6.07 Å². The van der Waals surface area contributed by atoms with E-state index in [0.29, 0.717) is 56.7 Å². The molecule has 30 heavy (non-hydrogen) atoms. The Morgan fingerprint density at radius 2 is 1.77 bits per heavy atom. The van der Waals surface area contributed by atoms with Gasteiger partial charge in [0, 0.05) is 31.8 Å². The molecule has 2 fully saturated rings. The summed E-state index contributed by atoms with van der Waals surface area (Å²) in [6.07, 6.45) is 1.57. The summed E-state index contributed by atoms with van der Waals surface area (Å²) in [5.41, 5.74) is 0.999. The third kappa shape index (κ3) is 5.23. The van der Waals surface area contributed by atoms with Gasteiger partial charge in [-0.3, -0.25) is 8.37 Å². The fourth-order valence-electron chi connectivity index (χ4n) is 3.26. The summed E-state index contributed by atoms with van der Waals surface area (Å²) in [5.74, 6) is 1.34. The molecule has 0 saturated carbocycles. The molecule has 2 aromatic rings. The molecule has 2 aliphatic heterocycles. The highest BCUT2D eigenvalue weighted by molar-refractivity contribution is 7.75. The number of carboxylic acid groups (broad SMARTS) is 1. The number of aromatic nitrogens is 2. The van der Waals surface area contributed by atoms with Crippen molar-refractivity contribution in [1.29, 1.82) is 0 Å². The molecule has 0 radical (unpaired) electrons. The fraction of sp³-hybridized carbons (Fsp3) is 0.421. The molecule has 1 aromatic carbocycles. The van der Waals surface area contributed by atoms with Crippen molar-refractivity contribution >= 4 is 17.5 Å². The molecule has 1 aromatic heterocycles. The van der Waals surface area contributed by atoms with Gasteiger partial charge in [0.15, 0.2) is 0 Å². The van der Waals surface area contributed by atoms with Crippen LogP contribution in [0.4, 0.5) is 4.79 Å². The first-order valence-electron chi connectivity index (χ1n) is 9.49. The number of likely N-dealkylation sites (tertiary alicyclic amines) is 1. The Kier molecular flexibility index (Phi) is 6.41. The van der Waals surface area contributed by atoms with Crippen LogP contribution in [0.15, 0.2) is 36.7 Å². The van der Waals surface area contributed by atoms with E-state index < -0.39 is 17.5 Å². The van der Waals surface area contributed by atoms with E-state index in [0.717, 1.165) is 5.56 Å². The SMILES string of the molecule is O=C(O)N1CCC(Oc2cc(Oc3ccc(C4COS(=O)OC4)cc3)ncn2)CC1. The van der Waals surface area contributed by atoms with E-state index in [2.05, 4.69) is 9.97 Å². The van der Waals surface area contributed by atoms with Crippen LogP contribution in [0.3, 0.4) is 0 Å². The Morgan fingerprint density at radius 3 is 2.43 bits per heavy atom. The lowest BCUT2D eigenvalue weighted by Crippen LogP contribution is -2.41. The molecule has 160 valence electrons. The zero-order valence-corrected chi connectivity index (χ0v) is 16.8. The van der Waals surface area contributed by atoms with Gasteiger partial charge in [0.1, 0.15) is 18.2 Å². The van der Waals surface area contributed by atoms with E-state index in [1.165, 1.54) is 11.2 Å². The second kappa shape index (κ2) is 9.37. The van der Waals surface area contributed by atoms with Crippen LogP contribution in [-0.4, -0.2) is 62.7 Å². The topological polar surface area (TPSA) is 120 Å². The quantitative estimate of drug-likeness (QED) is 0.755. The van der Waals surface area contributed by atoms with Crippen LogP contribution in [0.2, 0.25) is 0 Å². The van der Waals surface area contributed by atoms with Crippen LogP contribution in [0, 0.1) is 0 Å². The van der Waals surface area contributed by atoms with Gasteiger partial charge in [-0.1, -0.05) is 12.1 Å². The van der Waals surface area contributed by atoms with Crippen molar-refractivity contribution in [1.82, 2.24) is 14.9 Å². The molecule has 3 heterocycles. The largest absolute Gasteiger partial charge is 0.474 e. The highest BCUT2D eigenvalue weighted by Gasteiger charge is 2.24. The maximum Gasteiger partial charge on any atom is 0.407 e. The fourth-order valence-corrected chi connectivity index (χ4v) is 3.88. The summed E-state index contributed by atoms with van der Waals surface area (Å²) in [4.78, 5) is 20.6. The molecule has 0 spiro atoms. The molecule has 10 nitrogen and oxygen atoms in total. The van der Waals surface area contributed by atoms with Crippen LogP contribution in [0.1, 0.15) is 24.3 Å². The standard InChI is InChI=1S/C19H21N3O7S/c23-19(24)22-7-5-16(6-8-22)29-18-9-17(20-12-21-18)28-15-3-1-13(2-4-15)14-10-26-30(25)27-11-14/h1-4,9,12,14,16H,5-8,10-11H2,(H,23,24). The van der Waals surface area contributed by atoms with Crippen LogP contribution >= 0.6 is 0 Å². The van der Waals surface area contributed by atoms with E-state index in [4.69, 9.17) is 22.9 Å². The Labute approximate surface area is 175 Å². The van der Waals surface area contributed by atoms with Gasteiger partial charge in [0.05, 0.1) is 19.3 Å². The molecule has 4 rings (SSSR count). The third-order valence-corrected chi connectivity index (χ3v) is 5.58. The van der Waals surface area contributed by atoms with Gasteiger partial charge >= 0.3 is 17.5 Å². The molecule has 0 aliphatic carbocycles. The normalized spacial score (nSPS) is 22.5. The van der Waals surface area contributed by atoms with E-state index >= 15 is 0 Å². The number of benzene rings is 1. The van der Waals surface area contributed by atoms with Crippen molar-refractivity contribution in [2.45, 2.75) is 24.9 Å². The summed E-state index contributed by atoms with van der Waals surface area (Å²) in [5, 5.41) is 9.02. The van der Waals surface area contributed by atoms with Crippen molar-refractivity contribution in [3.8, 4) is 17.5 Å². The molecule has 0 atom stereocenters. The minimum absolute atomic E-state index is 0.0170. The summed E-state index contributed by atoms with van der Waals surface area (Å²) < 4.78 is 32.8. The number of ether oxygens (including phenoxy) is 2. The Morgan fingerprint density at radius 1 is 1.10 bits per heavy atom. The number of piperidine rings is 1. The zero-order chi connectivity index (χ0) is 20.9. The van der Waals surface area contributed by atoms with Crippen LogP contribution in [0.5, 0.6) is 17.5 Å². The highest BCUT2D eigenvalue weighted by atomic mass is 32.2. The van der Waals surface area contributed by atoms with Crippen molar-refractivity contribution in [2.75, 3.05) is 26.3 Å². The van der Waals surface area contributed by atoms with Gasteiger partial charge in [-0.2, -0.15) is 4.21 Å². The lowest BCUT2D eigenvalue weighted by Gasteiger charge is -2.29. The molecule has 2 saturated heterocycles. The second-order valence-corrected chi connectivity index (χ2v) is 7.80. The van der Waals surface area contributed by atoms with Crippen LogP contribution in [-0.2, 0) is 19.7 Å². The molecular formula is C19H21N3O7S. The number of amides is 1. The minimum Gasteiger partial charge on any atom is -0.474 e. The first-order valence-corrected chi connectivity index (χ1v) is 10.5. The van der Waals surface area contributed by atoms with Gasteiger partial charge in [-0.15, -0.1) is 0 Å². The second-order valence-electron chi connectivity index (χ2n) is 6.92. The highest BCUT2D eigenvalue weighted by Crippen LogP contribution is 2.27. The Balaban J connectivity index is 1.33. The molecule has 2 aliphatic rings. The lowest BCUT2D eigenvalue weighted by molar-refractivity contribution is 0.0869. The van der Waals surface area contributed by atoms with Gasteiger partial charge in [0.2, 0.25) is 11.8 Å². The lowest BCUT2D eigenvalue weighted by atomic mass is 10.0. The van der Waals surface area contributed by atoms with Gasteiger partial charge in [0.25, 0.3) is 0 Å².